The van der Waals surface area contributed by atoms with E-state index in [1.807, 2.05) is 14.0 Å². The second-order valence-corrected chi connectivity index (χ2v) is 5.81. The molecule has 0 saturated carbocycles. The Labute approximate surface area is 145 Å². The smallest absolute Gasteiger partial charge is 0.251 e. The van der Waals surface area contributed by atoms with Crippen molar-refractivity contribution in [1.29, 1.82) is 0 Å². The molecule has 134 valence electrons. The SMILES string of the molecule is CCN(CC)CCNC(=O)c1cccc(NC(=O)C(C)CNC)c1. The molecule has 0 aromatic heterocycles. The van der Waals surface area contributed by atoms with Crippen molar-refractivity contribution in [2.75, 3.05) is 45.1 Å². The molecular weight excluding hydrogens is 304 g/mol. The van der Waals surface area contributed by atoms with Gasteiger partial charge >= 0.3 is 0 Å². The van der Waals surface area contributed by atoms with E-state index in [4.69, 9.17) is 0 Å². The fourth-order valence-corrected chi connectivity index (χ4v) is 2.37. The van der Waals surface area contributed by atoms with Crippen LogP contribution in [0.1, 0.15) is 31.1 Å². The number of hydrogen-bond donors (Lipinski definition) is 3. The predicted octanol–water partition coefficient (Wildman–Crippen LogP) is 1.55. The van der Waals surface area contributed by atoms with Crippen LogP contribution in [-0.4, -0.2) is 56.5 Å². The summed E-state index contributed by atoms with van der Waals surface area (Å²) in [6, 6.07) is 7.02. The van der Waals surface area contributed by atoms with E-state index in [0.717, 1.165) is 19.6 Å². The van der Waals surface area contributed by atoms with Gasteiger partial charge in [0.2, 0.25) is 5.91 Å². The summed E-state index contributed by atoms with van der Waals surface area (Å²) in [7, 11) is 1.81. The molecule has 6 nitrogen and oxygen atoms in total. The zero-order chi connectivity index (χ0) is 17.9. The van der Waals surface area contributed by atoms with Crippen molar-refractivity contribution in [2.45, 2.75) is 20.8 Å². The minimum atomic E-state index is -0.137. The minimum absolute atomic E-state index is 0.0663. The summed E-state index contributed by atoms with van der Waals surface area (Å²) in [6.45, 7) is 10.1. The molecule has 0 aliphatic heterocycles. The van der Waals surface area contributed by atoms with Gasteiger partial charge in [0.05, 0.1) is 0 Å². The van der Waals surface area contributed by atoms with Gasteiger partial charge in [0.25, 0.3) is 5.91 Å². The molecule has 3 N–H and O–H groups in total. The van der Waals surface area contributed by atoms with Crippen molar-refractivity contribution in [1.82, 2.24) is 15.5 Å². The molecule has 2 amide bonds. The van der Waals surface area contributed by atoms with Crippen molar-refractivity contribution in [3.05, 3.63) is 29.8 Å². The van der Waals surface area contributed by atoms with E-state index in [9.17, 15) is 9.59 Å². The summed E-state index contributed by atoms with van der Waals surface area (Å²) in [4.78, 5) is 26.5. The fraction of sp³-hybridized carbons (Fsp3) is 0.556. The van der Waals surface area contributed by atoms with E-state index in [1.165, 1.54) is 0 Å². The molecule has 0 aliphatic carbocycles. The Morgan fingerprint density at radius 1 is 1.21 bits per heavy atom. The monoisotopic (exact) mass is 334 g/mol. The van der Waals surface area contributed by atoms with Crippen LogP contribution in [0.15, 0.2) is 24.3 Å². The lowest BCUT2D eigenvalue weighted by Gasteiger charge is -2.18. The molecule has 0 spiro atoms. The minimum Gasteiger partial charge on any atom is -0.351 e. The molecule has 0 aliphatic rings. The molecule has 0 heterocycles. The number of hydrogen-bond acceptors (Lipinski definition) is 4. The normalized spacial score (nSPS) is 12.0. The standard InChI is InChI=1S/C18H30N4O2/c1-5-22(6-2)11-10-20-18(24)15-8-7-9-16(12-15)21-17(23)14(3)13-19-4/h7-9,12,14,19H,5-6,10-11,13H2,1-4H3,(H,20,24)(H,21,23). The van der Waals surface area contributed by atoms with E-state index >= 15 is 0 Å². The summed E-state index contributed by atoms with van der Waals surface area (Å²) in [5.74, 6) is -0.327. The molecule has 0 bridgehead atoms. The topological polar surface area (TPSA) is 73.5 Å². The zero-order valence-electron chi connectivity index (χ0n) is 15.2. The van der Waals surface area contributed by atoms with Crippen LogP contribution in [0, 0.1) is 5.92 Å². The lowest BCUT2D eigenvalue weighted by atomic mass is 10.1. The van der Waals surface area contributed by atoms with Crippen LogP contribution in [0.4, 0.5) is 5.69 Å². The van der Waals surface area contributed by atoms with Crippen molar-refractivity contribution in [3.8, 4) is 0 Å². The van der Waals surface area contributed by atoms with Crippen LogP contribution in [0.25, 0.3) is 0 Å². The molecule has 0 fully saturated rings. The third kappa shape index (κ3) is 6.68. The summed E-state index contributed by atoms with van der Waals surface area (Å²) in [5, 5.41) is 8.74. The van der Waals surface area contributed by atoms with Gasteiger partial charge in [-0.05, 0) is 38.3 Å². The van der Waals surface area contributed by atoms with Crippen molar-refractivity contribution in [2.24, 2.45) is 5.92 Å². The average Bonchev–Trinajstić information content (AvgIpc) is 2.59. The first-order valence-corrected chi connectivity index (χ1v) is 8.57. The number of nitrogens with zero attached hydrogens (tertiary/aromatic N) is 1. The predicted molar refractivity (Wildman–Crippen MR) is 98.3 cm³/mol. The number of rotatable bonds is 10. The Balaban J connectivity index is 2.57. The summed E-state index contributed by atoms with van der Waals surface area (Å²) in [5.41, 5.74) is 1.19. The van der Waals surface area contributed by atoms with Gasteiger partial charge in [-0.2, -0.15) is 0 Å². The molecule has 24 heavy (non-hydrogen) atoms. The number of anilines is 1. The zero-order valence-corrected chi connectivity index (χ0v) is 15.2. The largest absolute Gasteiger partial charge is 0.351 e. The number of carbonyl (C=O) groups excluding carboxylic acids is 2. The second kappa shape index (κ2) is 10.8. The van der Waals surface area contributed by atoms with Gasteiger partial charge in [0.15, 0.2) is 0 Å². The second-order valence-electron chi connectivity index (χ2n) is 5.81. The van der Waals surface area contributed by atoms with Crippen LogP contribution >= 0.6 is 0 Å². The number of nitrogens with one attached hydrogen (secondary N) is 3. The molecule has 1 unspecified atom stereocenters. The molecular formula is C18H30N4O2. The van der Waals surface area contributed by atoms with E-state index in [2.05, 4.69) is 34.7 Å². The van der Waals surface area contributed by atoms with Gasteiger partial charge < -0.3 is 20.9 Å². The molecule has 0 saturated heterocycles. The van der Waals surface area contributed by atoms with Crippen LogP contribution in [0.5, 0.6) is 0 Å². The molecule has 0 radical (unpaired) electrons. The molecule has 6 heteroatoms. The third-order valence-corrected chi connectivity index (χ3v) is 3.96. The Morgan fingerprint density at radius 3 is 2.54 bits per heavy atom. The van der Waals surface area contributed by atoms with Gasteiger partial charge in [-0.25, -0.2) is 0 Å². The Bertz CT molecular complexity index is 530. The summed E-state index contributed by atoms with van der Waals surface area (Å²) in [6.07, 6.45) is 0. The first kappa shape index (κ1) is 20.1. The lowest BCUT2D eigenvalue weighted by molar-refractivity contribution is -0.119. The van der Waals surface area contributed by atoms with Crippen LogP contribution in [-0.2, 0) is 4.79 Å². The van der Waals surface area contributed by atoms with Gasteiger partial charge in [-0.15, -0.1) is 0 Å². The third-order valence-electron chi connectivity index (χ3n) is 3.96. The quantitative estimate of drug-likeness (QED) is 0.607. The number of amides is 2. The Kier molecular flexibility index (Phi) is 9.04. The highest BCUT2D eigenvalue weighted by Gasteiger charge is 2.13. The van der Waals surface area contributed by atoms with Gasteiger partial charge in [-0.3, -0.25) is 9.59 Å². The van der Waals surface area contributed by atoms with E-state index in [1.54, 1.807) is 24.3 Å². The highest BCUT2D eigenvalue weighted by atomic mass is 16.2. The van der Waals surface area contributed by atoms with Crippen molar-refractivity contribution in [3.63, 3.8) is 0 Å². The van der Waals surface area contributed by atoms with Crippen molar-refractivity contribution < 1.29 is 9.59 Å². The van der Waals surface area contributed by atoms with E-state index in [0.29, 0.717) is 24.3 Å². The molecule has 1 atom stereocenters. The van der Waals surface area contributed by atoms with Crippen molar-refractivity contribution >= 4 is 17.5 Å². The highest BCUT2D eigenvalue weighted by Crippen LogP contribution is 2.12. The number of benzene rings is 1. The maximum atomic E-state index is 12.2. The maximum absolute atomic E-state index is 12.2. The Morgan fingerprint density at radius 2 is 1.92 bits per heavy atom. The summed E-state index contributed by atoms with van der Waals surface area (Å²) < 4.78 is 0. The fourth-order valence-electron chi connectivity index (χ4n) is 2.37. The number of carbonyl (C=O) groups is 2. The van der Waals surface area contributed by atoms with Gasteiger partial charge in [0, 0.05) is 36.8 Å². The molecule has 1 rings (SSSR count). The first-order valence-electron chi connectivity index (χ1n) is 8.57. The van der Waals surface area contributed by atoms with Crippen LogP contribution in [0.3, 0.4) is 0 Å². The van der Waals surface area contributed by atoms with E-state index < -0.39 is 0 Å². The first-order chi connectivity index (χ1) is 11.5. The van der Waals surface area contributed by atoms with Gasteiger partial charge in [-0.1, -0.05) is 26.8 Å². The highest BCUT2D eigenvalue weighted by molar-refractivity contribution is 5.97. The van der Waals surface area contributed by atoms with Crippen LogP contribution < -0.4 is 16.0 Å². The summed E-state index contributed by atoms with van der Waals surface area (Å²) >= 11 is 0. The van der Waals surface area contributed by atoms with E-state index in [-0.39, 0.29) is 17.7 Å². The maximum Gasteiger partial charge on any atom is 0.251 e. The van der Waals surface area contributed by atoms with Gasteiger partial charge in [0.1, 0.15) is 0 Å². The molecule has 1 aromatic rings. The van der Waals surface area contributed by atoms with Crippen LogP contribution in [0.2, 0.25) is 0 Å². The lowest BCUT2D eigenvalue weighted by Crippen LogP contribution is -2.34. The Hall–Kier alpha value is -1.92. The molecule has 1 aromatic carbocycles. The number of likely N-dealkylation sites (N-methyl/N-ethyl adjacent to an activating group) is 1. The average molecular weight is 334 g/mol.